The summed E-state index contributed by atoms with van der Waals surface area (Å²) in [5.41, 5.74) is 2.10. The Labute approximate surface area is 181 Å². The first kappa shape index (κ1) is 21.8. The Balaban J connectivity index is 1.54. The van der Waals surface area contributed by atoms with E-state index < -0.39 is 5.92 Å². The normalized spacial score (nSPS) is 17.0. The SMILES string of the molecule is CC[C@@H](C)NC(=O)c1ccc(CNC(=O)[C@H]2CC(=O)N(c3ccccc3Cl)C2)cc1. The molecule has 1 aliphatic heterocycles. The lowest BCUT2D eigenvalue weighted by molar-refractivity contribution is -0.126. The third-order valence-electron chi connectivity index (χ3n) is 5.31. The predicted molar refractivity (Wildman–Crippen MR) is 117 cm³/mol. The highest BCUT2D eigenvalue weighted by atomic mass is 35.5. The van der Waals surface area contributed by atoms with Crippen LogP contribution >= 0.6 is 11.6 Å². The second-order valence-corrected chi connectivity index (χ2v) is 7.96. The van der Waals surface area contributed by atoms with E-state index in [-0.39, 0.29) is 30.2 Å². The summed E-state index contributed by atoms with van der Waals surface area (Å²) >= 11 is 6.19. The molecule has 0 bridgehead atoms. The van der Waals surface area contributed by atoms with Crippen molar-refractivity contribution in [2.24, 2.45) is 5.92 Å². The van der Waals surface area contributed by atoms with Crippen LogP contribution < -0.4 is 15.5 Å². The molecule has 158 valence electrons. The summed E-state index contributed by atoms with van der Waals surface area (Å²) < 4.78 is 0. The number of rotatable bonds is 7. The standard InChI is InChI=1S/C23H26ClN3O3/c1-3-15(2)26-23(30)17-10-8-16(9-11-17)13-25-22(29)18-12-21(28)27(14-18)20-7-5-4-6-19(20)24/h4-11,15,18H,3,12-14H2,1-2H3,(H,25,29)(H,26,30)/t15-,18+/m1/s1. The van der Waals surface area contributed by atoms with E-state index >= 15 is 0 Å². The van der Waals surface area contributed by atoms with E-state index in [1.807, 2.05) is 32.0 Å². The van der Waals surface area contributed by atoms with Gasteiger partial charge < -0.3 is 15.5 Å². The number of carbonyl (C=O) groups is 3. The third-order valence-corrected chi connectivity index (χ3v) is 5.63. The molecule has 0 saturated carbocycles. The number of para-hydroxylation sites is 1. The lowest BCUT2D eigenvalue weighted by atomic mass is 10.1. The Morgan fingerprint density at radius 1 is 1.17 bits per heavy atom. The lowest BCUT2D eigenvalue weighted by Crippen LogP contribution is -2.33. The Hall–Kier alpha value is -2.86. The first-order valence-corrected chi connectivity index (χ1v) is 10.5. The van der Waals surface area contributed by atoms with Gasteiger partial charge in [-0.25, -0.2) is 0 Å². The van der Waals surface area contributed by atoms with Crippen LogP contribution in [0.3, 0.4) is 0 Å². The van der Waals surface area contributed by atoms with Gasteiger partial charge in [0.15, 0.2) is 0 Å². The number of anilines is 1. The zero-order valence-corrected chi connectivity index (χ0v) is 17.9. The molecule has 1 aliphatic rings. The van der Waals surface area contributed by atoms with Crippen molar-refractivity contribution in [1.82, 2.24) is 10.6 Å². The van der Waals surface area contributed by atoms with Crippen molar-refractivity contribution in [2.45, 2.75) is 39.3 Å². The first-order chi connectivity index (χ1) is 14.4. The van der Waals surface area contributed by atoms with Crippen molar-refractivity contribution in [3.8, 4) is 0 Å². The summed E-state index contributed by atoms with van der Waals surface area (Å²) in [5, 5.41) is 6.30. The minimum absolute atomic E-state index is 0.107. The van der Waals surface area contributed by atoms with Crippen molar-refractivity contribution in [1.29, 1.82) is 0 Å². The number of amides is 3. The van der Waals surface area contributed by atoms with Gasteiger partial charge in [-0.2, -0.15) is 0 Å². The average molecular weight is 428 g/mol. The molecule has 6 nitrogen and oxygen atoms in total. The Morgan fingerprint density at radius 3 is 2.53 bits per heavy atom. The van der Waals surface area contributed by atoms with Crippen molar-refractivity contribution < 1.29 is 14.4 Å². The van der Waals surface area contributed by atoms with Crippen LogP contribution in [-0.4, -0.2) is 30.3 Å². The van der Waals surface area contributed by atoms with Crippen molar-refractivity contribution >= 4 is 35.0 Å². The van der Waals surface area contributed by atoms with Crippen molar-refractivity contribution in [2.75, 3.05) is 11.4 Å². The fraction of sp³-hybridized carbons (Fsp3) is 0.348. The Morgan fingerprint density at radius 2 is 1.87 bits per heavy atom. The zero-order chi connectivity index (χ0) is 21.7. The van der Waals surface area contributed by atoms with E-state index in [0.29, 0.717) is 29.4 Å². The van der Waals surface area contributed by atoms with Gasteiger partial charge in [-0.15, -0.1) is 0 Å². The fourth-order valence-corrected chi connectivity index (χ4v) is 3.54. The molecule has 2 N–H and O–H groups in total. The molecule has 0 aliphatic carbocycles. The molecule has 2 aromatic rings. The van der Waals surface area contributed by atoms with Gasteiger partial charge in [-0.3, -0.25) is 14.4 Å². The van der Waals surface area contributed by atoms with Gasteiger partial charge in [0.1, 0.15) is 0 Å². The highest BCUT2D eigenvalue weighted by Gasteiger charge is 2.35. The smallest absolute Gasteiger partial charge is 0.251 e. The number of nitrogens with zero attached hydrogens (tertiary/aromatic N) is 1. The number of carbonyl (C=O) groups excluding carboxylic acids is 3. The molecule has 0 radical (unpaired) electrons. The van der Waals surface area contributed by atoms with E-state index in [9.17, 15) is 14.4 Å². The largest absolute Gasteiger partial charge is 0.352 e. The van der Waals surface area contributed by atoms with Crippen LogP contribution in [0.15, 0.2) is 48.5 Å². The average Bonchev–Trinajstić information content (AvgIpc) is 3.14. The lowest BCUT2D eigenvalue weighted by Gasteiger charge is -2.18. The molecule has 3 rings (SSSR count). The summed E-state index contributed by atoms with van der Waals surface area (Å²) in [6.45, 7) is 4.62. The van der Waals surface area contributed by atoms with Crippen LogP contribution in [0.4, 0.5) is 5.69 Å². The maximum Gasteiger partial charge on any atom is 0.251 e. The predicted octanol–water partition coefficient (Wildman–Crippen LogP) is 3.54. The molecule has 0 unspecified atom stereocenters. The van der Waals surface area contributed by atoms with Crippen LogP contribution in [0.1, 0.15) is 42.6 Å². The summed E-state index contributed by atoms with van der Waals surface area (Å²) in [4.78, 5) is 38.6. The monoisotopic (exact) mass is 427 g/mol. The quantitative estimate of drug-likeness (QED) is 0.709. The molecule has 0 aromatic heterocycles. The first-order valence-electron chi connectivity index (χ1n) is 10.1. The summed E-state index contributed by atoms with van der Waals surface area (Å²) in [7, 11) is 0. The van der Waals surface area contributed by atoms with Crippen molar-refractivity contribution in [3.63, 3.8) is 0 Å². The van der Waals surface area contributed by atoms with E-state index in [0.717, 1.165) is 12.0 Å². The molecule has 30 heavy (non-hydrogen) atoms. The van der Waals surface area contributed by atoms with E-state index in [2.05, 4.69) is 10.6 Å². The van der Waals surface area contributed by atoms with Crippen LogP contribution in [0.2, 0.25) is 5.02 Å². The number of hydrogen-bond acceptors (Lipinski definition) is 3. The second-order valence-electron chi connectivity index (χ2n) is 7.55. The molecule has 2 atom stereocenters. The molecule has 1 fully saturated rings. The Bertz CT molecular complexity index is 930. The highest BCUT2D eigenvalue weighted by molar-refractivity contribution is 6.33. The van der Waals surface area contributed by atoms with E-state index in [1.54, 1.807) is 35.2 Å². The summed E-state index contributed by atoms with van der Waals surface area (Å²) in [5.74, 6) is -0.810. The molecular formula is C23H26ClN3O3. The fourth-order valence-electron chi connectivity index (χ4n) is 3.30. The van der Waals surface area contributed by atoms with Gasteiger partial charge in [0, 0.05) is 31.1 Å². The number of hydrogen-bond donors (Lipinski definition) is 2. The van der Waals surface area contributed by atoms with Gasteiger partial charge in [-0.05, 0) is 43.2 Å². The number of nitrogens with one attached hydrogen (secondary N) is 2. The van der Waals surface area contributed by atoms with Gasteiger partial charge in [0.2, 0.25) is 11.8 Å². The number of benzene rings is 2. The van der Waals surface area contributed by atoms with E-state index in [1.165, 1.54) is 0 Å². The maximum absolute atomic E-state index is 12.6. The van der Waals surface area contributed by atoms with Crippen LogP contribution in [0, 0.1) is 5.92 Å². The van der Waals surface area contributed by atoms with E-state index in [4.69, 9.17) is 11.6 Å². The van der Waals surface area contributed by atoms with Crippen LogP contribution in [0.5, 0.6) is 0 Å². The molecule has 2 aromatic carbocycles. The molecule has 1 saturated heterocycles. The molecule has 7 heteroatoms. The zero-order valence-electron chi connectivity index (χ0n) is 17.2. The van der Waals surface area contributed by atoms with Crippen molar-refractivity contribution in [3.05, 3.63) is 64.7 Å². The third kappa shape index (κ3) is 5.19. The van der Waals surface area contributed by atoms with Gasteiger partial charge in [-0.1, -0.05) is 42.8 Å². The summed E-state index contributed by atoms with van der Waals surface area (Å²) in [6, 6.07) is 14.4. The molecule has 3 amide bonds. The molecule has 1 heterocycles. The van der Waals surface area contributed by atoms with Crippen LogP contribution in [-0.2, 0) is 16.1 Å². The van der Waals surface area contributed by atoms with Gasteiger partial charge in [0.05, 0.1) is 16.6 Å². The highest BCUT2D eigenvalue weighted by Crippen LogP contribution is 2.31. The molecule has 0 spiro atoms. The van der Waals surface area contributed by atoms with Crippen LogP contribution in [0.25, 0.3) is 0 Å². The van der Waals surface area contributed by atoms with Gasteiger partial charge >= 0.3 is 0 Å². The molecular weight excluding hydrogens is 402 g/mol. The second kappa shape index (κ2) is 9.76. The number of halogens is 1. The minimum atomic E-state index is -0.422. The van der Waals surface area contributed by atoms with Gasteiger partial charge in [0.25, 0.3) is 5.91 Å². The topological polar surface area (TPSA) is 78.5 Å². The minimum Gasteiger partial charge on any atom is -0.352 e. The summed E-state index contributed by atoms with van der Waals surface area (Å²) in [6.07, 6.45) is 1.03. The Kier molecular flexibility index (Phi) is 7.11. The maximum atomic E-state index is 12.6.